The molecule has 9 nitrogen and oxygen atoms in total. The maximum Gasteiger partial charge on any atom is 0.328 e. The molecule has 3 heterocycles. The zero-order valence-electron chi connectivity index (χ0n) is 19.8. The molecule has 1 aromatic heterocycles. The highest BCUT2D eigenvalue weighted by Crippen LogP contribution is 2.45. The number of rotatable bonds is 4. The Labute approximate surface area is 206 Å². The summed E-state index contributed by atoms with van der Waals surface area (Å²) in [5, 5.41) is 2.87. The number of fused-ring (bicyclic) bond motifs is 6. The highest BCUT2D eigenvalue weighted by atomic mass is 16.2. The average molecular weight is 482 g/mol. The fraction of sp³-hybridized carbons (Fsp3) is 0.185. The van der Waals surface area contributed by atoms with E-state index < -0.39 is 6.17 Å². The van der Waals surface area contributed by atoms with Crippen LogP contribution < -0.4 is 15.9 Å². The van der Waals surface area contributed by atoms with Gasteiger partial charge in [-0.3, -0.25) is 28.4 Å². The van der Waals surface area contributed by atoms with E-state index in [1.165, 1.54) is 4.57 Å². The lowest BCUT2D eigenvalue weighted by Crippen LogP contribution is -2.48. The third-order valence-electron chi connectivity index (χ3n) is 7.02. The van der Waals surface area contributed by atoms with Crippen molar-refractivity contribution in [1.29, 1.82) is 0 Å². The number of carbonyl (C=O) groups excluding carboxylic acids is 3. The second-order valence-electron chi connectivity index (χ2n) is 9.05. The second kappa shape index (κ2) is 7.94. The maximum absolute atomic E-state index is 13.5. The van der Waals surface area contributed by atoms with Gasteiger partial charge in [-0.2, -0.15) is 0 Å². The second-order valence-corrected chi connectivity index (χ2v) is 9.05. The molecule has 2 aliphatic rings. The Morgan fingerprint density at radius 3 is 2.33 bits per heavy atom. The van der Waals surface area contributed by atoms with E-state index in [4.69, 9.17) is 0 Å². The average Bonchev–Trinajstić information content (AvgIpc) is 3.30. The quantitative estimate of drug-likeness (QED) is 0.485. The first-order valence-electron chi connectivity index (χ1n) is 11.6. The van der Waals surface area contributed by atoms with Crippen molar-refractivity contribution in [3.8, 4) is 0 Å². The molecule has 36 heavy (non-hydrogen) atoms. The van der Waals surface area contributed by atoms with Crippen molar-refractivity contribution in [2.75, 3.05) is 16.8 Å². The number of hydrogen-bond acceptors (Lipinski definition) is 4. The monoisotopic (exact) mass is 481 g/mol. The number of nitrogens with zero attached hydrogens (tertiary/aromatic N) is 4. The fourth-order valence-corrected chi connectivity index (χ4v) is 5.23. The molecule has 0 saturated heterocycles. The van der Waals surface area contributed by atoms with Crippen LogP contribution in [0.4, 0.5) is 11.4 Å². The van der Waals surface area contributed by atoms with Gasteiger partial charge in [-0.25, -0.2) is 4.79 Å². The summed E-state index contributed by atoms with van der Waals surface area (Å²) in [5.74, 6) is -0.650. The van der Waals surface area contributed by atoms with Gasteiger partial charge in [-0.05, 0) is 36.4 Å². The van der Waals surface area contributed by atoms with E-state index in [1.807, 2.05) is 18.2 Å². The van der Waals surface area contributed by atoms with Gasteiger partial charge in [-0.1, -0.05) is 30.3 Å². The Morgan fingerprint density at radius 1 is 0.833 bits per heavy atom. The number of hydrogen-bond donors (Lipinski definition) is 1. The summed E-state index contributed by atoms with van der Waals surface area (Å²) in [7, 11) is 3.38. The van der Waals surface area contributed by atoms with E-state index >= 15 is 0 Å². The van der Waals surface area contributed by atoms with Gasteiger partial charge >= 0.3 is 5.69 Å². The van der Waals surface area contributed by atoms with Crippen LogP contribution in [0.1, 0.15) is 38.9 Å². The molecular formula is C27H23N5O4. The number of amides is 3. The summed E-state index contributed by atoms with van der Waals surface area (Å²) in [6.07, 6.45) is -0.556. The van der Waals surface area contributed by atoms with Crippen LogP contribution in [0, 0.1) is 0 Å². The first kappa shape index (κ1) is 21.8. The molecule has 4 aromatic rings. The molecule has 0 saturated carbocycles. The molecule has 3 aromatic carbocycles. The van der Waals surface area contributed by atoms with Crippen molar-refractivity contribution in [1.82, 2.24) is 14.0 Å². The molecule has 0 aliphatic carbocycles. The standard InChI is InChI=1S/C27H23N5O4/c1-29-21-12-11-16(15-22(21)30(2)27(29)36)28-23(33)13-14-31-24-17-7-3-4-8-18(17)26(35)32(24)20-10-6-5-9-19(20)25(31)34/h3-12,15,24H,13-14H2,1-2H3,(H,28,33)/t24-/m0/s1. The fourth-order valence-electron chi connectivity index (χ4n) is 5.23. The number of imidazole rings is 1. The Balaban J connectivity index is 1.27. The van der Waals surface area contributed by atoms with Gasteiger partial charge in [0, 0.05) is 43.9 Å². The van der Waals surface area contributed by atoms with Crippen molar-refractivity contribution >= 4 is 40.1 Å². The minimum Gasteiger partial charge on any atom is -0.326 e. The molecular weight excluding hydrogens is 458 g/mol. The first-order chi connectivity index (χ1) is 17.4. The van der Waals surface area contributed by atoms with E-state index in [0.717, 1.165) is 11.1 Å². The Hall–Kier alpha value is -4.66. The van der Waals surface area contributed by atoms with Crippen molar-refractivity contribution < 1.29 is 14.4 Å². The van der Waals surface area contributed by atoms with E-state index in [1.54, 1.807) is 77.0 Å². The van der Waals surface area contributed by atoms with Crippen LogP contribution in [0.25, 0.3) is 11.0 Å². The van der Waals surface area contributed by atoms with Crippen molar-refractivity contribution in [3.63, 3.8) is 0 Å². The van der Waals surface area contributed by atoms with Crippen LogP contribution in [0.2, 0.25) is 0 Å². The van der Waals surface area contributed by atoms with Crippen molar-refractivity contribution in [2.24, 2.45) is 14.1 Å². The molecule has 0 radical (unpaired) electrons. The highest BCUT2D eigenvalue weighted by molar-refractivity contribution is 6.16. The van der Waals surface area contributed by atoms with Crippen molar-refractivity contribution in [3.05, 3.63) is 93.9 Å². The molecule has 0 fully saturated rings. The smallest absolute Gasteiger partial charge is 0.326 e. The molecule has 1 atom stereocenters. The van der Waals surface area contributed by atoms with E-state index in [-0.39, 0.29) is 36.4 Å². The molecule has 3 amide bonds. The maximum atomic E-state index is 13.5. The summed E-state index contributed by atoms with van der Waals surface area (Å²) in [6.45, 7) is 0.133. The number of anilines is 2. The Morgan fingerprint density at radius 2 is 1.53 bits per heavy atom. The number of benzene rings is 3. The summed E-state index contributed by atoms with van der Waals surface area (Å²) in [4.78, 5) is 55.1. The van der Waals surface area contributed by atoms with Crippen LogP contribution in [-0.2, 0) is 18.9 Å². The van der Waals surface area contributed by atoms with Crippen molar-refractivity contribution in [2.45, 2.75) is 12.6 Å². The zero-order chi connectivity index (χ0) is 25.1. The third-order valence-corrected chi connectivity index (χ3v) is 7.02. The van der Waals surface area contributed by atoms with Gasteiger partial charge in [0.15, 0.2) is 0 Å². The number of nitrogens with one attached hydrogen (secondary N) is 1. The molecule has 9 heteroatoms. The summed E-state index contributed by atoms with van der Waals surface area (Å²) >= 11 is 0. The number of carbonyl (C=O) groups is 3. The van der Waals surface area contributed by atoms with E-state index in [2.05, 4.69) is 5.32 Å². The molecule has 1 N–H and O–H groups in total. The van der Waals surface area contributed by atoms with Gasteiger partial charge in [-0.15, -0.1) is 0 Å². The lowest BCUT2D eigenvalue weighted by Gasteiger charge is -2.40. The van der Waals surface area contributed by atoms with Crippen LogP contribution in [0.3, 0.4) is 0 Å². The van der Waals surface area contributed by atoms with E-state index in [9.17, 15) is 19.2 Å². The topological polar surface area (TPSA) is 96.7 Å². The minimum atomic E-state index is -0.598. The predicted molar refractivity (Wildman–Crippen MR) is 135 cm³/mol. The van der Waals surface area contributed by atoms with Gasteiger partial charge in [0.25, 0.3) is 11.8 Å². The highest BCUT2D eigenvalue weighted by Gasteiger charge is 2.47. The summed E-state index contributed by atoms with van der Waals surface area (Å²) in [6, 6.07) is 19.6. The lowest BCUT2D eigenvalue weighted by atomic mass is 10.0. The van der Waals surface area contributed by atoms with Gasteiger partial charge in [0.05, 0.1) is 22.3 Å². The minimum absolute atomic E-state index is 0.0420. The third kappa shape index (κ3) is 3.09. The lowest BCUT2D eigenvalue weighted by molar-refractivity contribution is -0.116. The van der Waals surface area contributed by atoms with Crippen LogP contribution >= 0.6 is 0 Å². The van der Waals surface area contributed by atoms with Crippen LogP contribution in [0.15, 0.2) is 71.5 Å². The van der Waals surface area contributed by atoms with Crippen LogP contribution in [-0.4, -0.2) is 38.3 Å². The SMILES string of the molecule is Cn1c(=O)n(C)c2cc(NC(=O)CCN3C(=O)c4ccccc4N4C(=O)c5ccccc5[C@@H]34)ccc21. The predicted octanol–water partition coefficient (Wildman–Crippen LogP) is 3.02. The summed E-state index contributed by atoms with van der Waals surface area (Å²) < 4.78 is 3.07. The zero-order valence-corrected chi connectivity index (χ0v) is 19.8. The van der Waals surface area contributed by atoms with Gasteiger partial charge in [0.2, 0.25) is 5.91 Å². The Bertz CT molecular complexity index is 1650. The molecule has 0 spiro atoms. The largest absolute Gasteiger partial charge is 0.328 e. The molecule has 0 unspecified atom stereocenters. The normalized spacial score (nSPS) is 16.2. The molecule has 0 bridgehead atoms. The number of para-hydroxylation sites is 1. The molecule has 180 valence electrons. The first-order valence-corrected chi connectivity index (χ1v) is 11.6. The molecule has 6 rings (SSSR count). The van der Waals surface area contributed by atoms with E-state index in [0.29, 0.717) is 28.0 Å². The molecule has 2 aliphatic heterocycles. The summed E-state index contributed by atoms with van der Waals surface area (Å²) in [5.41, 5.74) is 4.22. The van der Waals surface area contributed by atoms with Crippen LogP contribution in [0.5, 0.6) is 0 Å². The van der Waals surface area contributed by atoms with Gasteiger partial charge in [0.1, 0.15) is 6.17 Å². The number of aromatic nitrogens is 2. The Kier molecular flexibility index (Phi) is 4.82. The van der Waals surface area contributed by atoms with Gasteiger partial charge < -0.3 is 10.2 Å². The number of aryl methyl sites for hydroxylation is 2.